The third-order valence-corrected chi connectivity index (χ3v) is 4.50. The summed E-state index contributed by atoms with van der Waals surface area (Å²) in [5, 5.41) is 0.644. The molecule has 2 rings (SSSR count). The van der Waals surface area contributed by atoms with Crippen LogP contribution in [-0.4, -0.2) is 27.5 Å². The molecule has 2 aromatic rings. The van der Waals surface area contributed by atoms with E-state index in [1.54, 1.807) is 12.1 Å². The van der Waals surface area contributed by atoms with E-state index in [-0.39, 0.29) is 19.4 Å². The maximum absolute atomic E-state index is 10.9. The molecule has 0 unspecified atom stereocenters. The maximum atomic E-state index is 10.9. The van der Waals surface area contributed by atoms with Crippen molar-refractivity contribution in [3.05, 3.63) is 29.2 Å². The van der Waals surface area contributed by atoms with Crippen LogP contribution >= 0.6 is 0 Å². The minimum absolute atomic E-state index is 0.0145. The summed E-state index contributed by atoms with van der Waals surface area (Å²) in [5.41, 5.74) is 0. The molecular weight excluding hydrogens is 255 g/mol. The van der Waals surface area contributed by atoms with Crippen molar-refractivity contribution < 1.29 is 13.0 Å². The SMILES string of the molecule is O=S(=O)(O)c1cccc2[se]ccc12. The van der Waals surface area contributed by atoms with Crippen LogP contribution < -0.4 is 0 Å². The second-order valence-corrected chi connectivity index (χ2v) is 5.94. The summed E-state index contributed by atoms with van der Waals surface area (Å²) in [5.74, 6) is 0. The van der Waals surface area contributed by atoms with Crippen molar-refractivity contribution in [1.82, 2.24) is 0 Å². The van der Waals surface area contributed by atoms with Gasteiger partial charge in [-0.15, -0.1) is 0 Å². The molecule has 0 spiro atoms. The zero-order valence-corrected chi connectivity index (χ0v) is 9.00. The minimum atomic E-state index is -4.07. The molecule has 0 saturated heterocycles. The molecule has 0 bridgehead atoms. The Morgan fingerprint density at radius 1 is 1.23 bits per heavy atom. The van der Waals surface area contributed by atoms with Gasteiger partial charge in [0.15, 0.2) is 0 Å². The van der Waals surface area contributed by atoms with Crippen LogP contribution in [0.15, 0.2) is 34.1 Å². The van der Waals surface area contributed by atoms with Gasteiger partial charge in [-0.2, -0.15) is 0 Å². The average molecular weight is 261 g/mol. The zero-order chi connectivity index (χ0) is 9.47. The summed E-state index contributed by atoms with van der Waals surface area (Å²) in [4.78, 5) is 1.95. The van der Waals surface area contributed by atoms with Crippen LogP contribution in [0, 0.1) is 0 Å². The molecule has 0 atom stereocenters. The fourth-order valence-corrected chi connectivity index (χ4v) is 3.75. The van der Waals surface area contributed by atoms with Crippen LogP contribution in [0.3, 0.4) is 0 Å². The van der Waals surface area contributed by atoms with Crippen LogP contribution in [-0.2, 0) is 10.1 Å². The van der Waals surface area contributed by atoms with Gasteiger partial charge >= 0.3 is 81.3 Å². The second kappa shape index (κ2) is 2.96. The summed E-state index contributed by atoms with van der Waals surface area (Å²) in [6.07, 6.45) is 0. The summed E-state index contributed by atoms with van der Waals surface area (Å²) < 4.78 is 31.7. The molecule has 1 aromatic heterocycles. The first-order valence-corrected chi connectivity index (χ1v) is 6.81. The Hall–Kier alpha value is -0.611. The number of rotatable bonds is 1. The Bertz CT molecular complexity index is 541. The zero-order valence-electron chi connectivity index (χ0n) is 6.47. The topological polar surface area (TPSA) is 54.4 Å². The quantitative estimate of drug-likeness (QED) is 0.618. The van der Waals surface area contributed by atoms with Crippen LogP contribution in [0.1, 0.15) is 0 Å². The molecule has 1 N–H and O–H groups in total. The predicted octanol–water partition coefficient (Wildman–Crippen LogP) is 1.14. The third kappa shape index (κ3) is 1.56. The molecule has 68 valence electrons. The number of hydrogen-bond acceptors (Lipinski definition) is 2. The van der Waals surface area contributed by atoms with Gasteiger partial charge in [-0.05, 0) is 0 Å². The van der Waals surface area contributed by atoms with E-state index in [1.165, 1.54) is 6.07 Å². The summed E-state index contributed by atoms with van der Waals surface area (Å²) in [6.45, 7) is 0. The van der Waals surface area contributed by atoms with Crippen molar-refractivity contribution in [3.63, 3.8) is 0 Å². The molecule has 13 heavy (non-hydrogen) atoms. The molecule has 0 saturated carbocycles. The Labute approximate surface area is 81.5 Å². The van der Waals surface area contributed by atoms with E-state index in [4.69, 9.17) is 4.55 Å². The first kappa shape index (κ1) is 8.96. The Balaban J connectivity index is 2.91. The van der Waals surface area contributed by atoms with Crippen molar-refractivity contribution in [2.75, 3.05) is 0 Å². The number of benzene rings is 1. The monoisotopic (exact) mass is 262 g/mol. The summed E-state index contributed by atoms with van der Waals surface area (Å²) in [7, 11) is -4.07. The summed E-state index contributed by atoms with van der Waals surface area (Å²) >= 11 is 0.204. The van der Waals surface area contributed by atoms with Crippen LogP contribution in [0.5, 0.6) is 0 Å². The predicted molar refractivity (Wildman–Crippen MR) is 50.7 cm³/mol. The van der Waals surface area contributed by atoms with Gasteiger partial charge in [0, 0.05) is 0 Å². The Morgan fingerprint density at radius 2 is 2.00 bits per heavy atom. The molecule has 0 aliphatic rings. The molecule has 1 aromatic carbocycles. The van der Waals surface area contributed by atoms with Crippen molar-refractivity contribution in [1.29, 1.82) is 0 Å². The van der Waals surface area contributed by atoms with Gasteiger partial charge in [0.2, 0.25) is 0 Å². The molecule has 0 aliphatic carbocycles. The Morgan fingerprint density at radius 3 is 2.69 bits per heavy atom. The van der Waals surface area contributed by atoms with Crippen molar-refractivity contribution in [3.8, 4) is 0 Å². The number of hydrogen-bond donors (Lipinski definition) is 1. The van der Waals surface area contributed by atoms with E-state index < -0.39 is 10.1 Å². The van der Waals surface area contributed by atoms with Crippen LogP contribution in [0.25, 0.3) is 9.65 Å². The fourth-order valence-electron chi connectivity index (χ4n) is 1.19. The molecule has 0 amide bonds. The molecule has 0 radical (unpaired) electrons. The molecule has 0 fully saturated rings. The molecule has 0 aliphatic heterocycles. The Kier molecular flexibility index (Phi) is 2.04. The van der Waals surface area contributed by atoms with Gasteiger partial charge in [-0.1, -0.05) is 0 Å². The van der Waals surface area contributed by atoms with Gasteiger partial charge in [-0.3, -0.25) is 0 Å². The van der Waals surface area contributed by atoms with Crippen molar-refractivity contribution in [2.45, 2.75) is 4.90 Å². The molecular formula is C8H6O3SSe. The summed E-state index contributed by atoms with van der Waals surface area (Å²) in [6, 6.07) is 6.69. The fraction of sp³-hybridized carbons (Fsp3) is 0. The van der Waals surface area contributed by atoms with Gasteiger partial charge < -0.3 is 0 Å². The second-order valence-electron chi connectivity index (χ2n) is 2.56. The third-order valence-electron chi connectivity index (χ3n) is 1.73. The van der Waals surface area contributed by atoms with Gasteiger partial charge in [-0.25, -0.2) is 0 Å². The first-order valence-electron chi connectivity index (χ1n) is 3.53. The van der Waals surface area contributed by atoms with Gasteiger partial charge in [0.05, 0.1) is 0 Å². The molecule has 5 heteroatoms. The van der Waals surface area contributed by atoms with Crippen molar-refractivity contribution >= 4 is 34.3 Å². The molecule has 1 heterocycles. The normalized spacial score (nSPS) is 12.1. The van der Waals surface area contributed by atoms with E-state index in [9.17, 15) is 8.42 Å². The molecule has 3 nitrogen and oxygen atoms in total. The van der Waals surface area contributed by atoms with E-state index >= 15 is 0 Å². The van der Waals surface area contributed by atoms with E-state index in [0.29, 0.717) is 5.39 Å². The standard InChI is InChI=1S/C8H6O3SSe/c9-12(10,11)7-2-1-3-8-6(7)4-5-13-8/h1-5H,(H,9,10,11). The van der Waals surface area contributed by atoms with Crippen LogP contribution in [0.4, 0.5) is 0 Å². The van der Waals surface area contributed by atoms with E-state index in [1.807, 2.05) is 11.0 Å². The van der Waals surface area contributed by atoms with Gasteiger partial charge in [0.1, 0.15) is 0 Å². The van der Waals surface area contributed by atoms with Crippen LogP contribution in [0.2, 0.25) is 0 Å². The number of fused-ring (bicyclic) bond motifs is 1. The van der Waals surface area contributed by atoms with Gasteiger partial charge in [0.25, 0.3) is 0 Å². The first-order chi connectivity index (χ1) is 6.09. The average Bonchev–Trinajstić information content (AvgIpc) is 2.48. The van der Waals surface area contributed by atoms with Crippen molar-refractivity contribution in [2.24, 2.45) is 0 Å². The van der Waals surface area contributed by atoms with E-state index in [2.05, 4.69) is 0 Å². The van der Waals surface area contributed by atoms with E-state index in [0.717, 1.165) is 4.26 Å².